The minimum absolute atomic E-state index is 0.155. The molecule has 0 radical (unpaired) electrons. The molecule has 1 atom stereocenters. The van der Waals surface area contributed by atoms with Gasteiger partial charge >= 0.3 is 0 Å². The van der Waals surface area contributed by atoms with E-state index in [1.807, 2.05) is 12.1 Å². The van der Waals surface area contributed by atoms with Gasteiger partial charge in [-0.05, 0) is 49.8 Å². The molecule has 1 aromatic rings. The van der Waals surface area contributed by atoms with Gasteiger partial charge in [0.2, 0.25) is 0 Å². The van der Waals surface area contributed by atoms with Gasteiger partial charge in [-0.1, -0.05) is 12.1 Å². The van der Waals surface area contributed by atoms with Crippen molar-refractivity contribution in [3.8, 4) is 0 Å². The zero-order valence-corrected chi connectivity index (χ0v) is 11.4. The van der Waals surface area contributed by atoms with Crippen LogP contribution in [0.3, 0.4) is 0 Å². The van der Waals surface area contributed by atoms with Crippen LogP contribution in [-0.2, 0) is 11.3 Å². The van der Waals surface area contributed by atoms with E-state index in [2.05, 4.69) is 4.90 Å². The topological polar surface area (TPSA) is 12.5 Å². The molecule has 1 aliphatic heterocycles. The summed E-state index contributed by atoms with van der Waals surface area (Å²) in [6, 6.07) is 7.61. The molecule has 0 amide bonds. The van der Waals surface area contributed by atoms with Crippen molar-refractivity contribution in [2.45, 2.75) is 50.8 Å². The van der Waals surface area contributed by atoms with Gasteiger partial charge in [0.05, 0.1) is 6.10 Å². The fourth-order valence-corrected chi connectivity index (χ4v) is 2.82. The van der Waals surface area contributed by atoms with Crippen LogP contribution in [-0.4, -0.2) is 30.2 Å². The van der Waals surface area contributed by atoms with E-state index in [0.29, 0.717) is 6.10 Å². The summed E-state index contributed by atoms with van der Waals surface area (Å²) in [5.41, 5.74) is 1.20. The monoisotopic (exact) mass is 263 g/mol. The van der Waals surface area contributed by atoms with Crippen LogP contribution in [0.5, 0.6) is 0 Å². The first-order valence-corrected chi connectivity index (χ1v) is 7.41. The smallest absolute Gasteiger partial charge is 0.123 e. The Morgan fingerprint density at radius 2 is 1.89 bits per heavy atom. The third-order valence-electron chi connectivity index (χ3n) is 4.07. The highest BCUT2D eigenvalue weighted by Crippen LogP contribution is 2.29. The highest BCUT2D eigenvalue weighted by molar-refractivity contribution is 5.16. The molecule has 104 valence electrons. The first-order valence-electron chi connectivity index (χ1n) is 7.41. The van der Waals surface area contributed by atoms with Gasteiger partial charge in [0, 0.05) is 25.7 Å². The third kappa shape index (κ3) is 3.77. The SMILES string of the molecule is Fc1ccc(CN(CC2CCCCO2)C2CC2)cc1. The second-order valence-corrected chi connectivity index (χ2v) is 5.78. The lowest BCUT2D eigenvalue weighted by molar-refractivity contribution is -0.00880. The van der Waals surface area contributed by atoms with E-state index in [-0.39, 0.29) is 5.82 Å². The number of nitrogens with zero attached hydrogens (tertiary/aromatic N) is 1. The maximum atomic E-state index is 12.9. The Kier molecular flexibility index (Phi) is 4.14. The fraction of sp³-hybridized carbons (Fsp3) is 0.625. The van der Waals surface area contributed by atoms with Gasteiger partial charge in [0.25, 0.3) is 0 Å². The summed E-state index contributed by atoms with van der Waals surface area (Å²) in [6.07, 6.45) is 6.68. The van der Waals surface area contributed by atoms with Gasteiger partial charge in [-0.25, -0.2) is 4.39 Å². The number of ether oxygens (including phenoxy) is 1. The molecule has 1 unspecified atom stereocenters. The van der Waals surface area contributed by atoms with E-state index >= 15 is 0 Å². The molecule has 2 aliphatic rings. The summed E-state index contributed by atoms with van der Waals surface area (Å²) < 4.78 is 18.8. The molecule has 0 N–H and O–H groups in total. The van der Waals surface area contributed by atoms with Gasteiger partial charge in [-0.15, -0.1) is 0 Å². The van der Waals surface area contributed by atoms with Crippen LogP contribution < -0.4 is 0 Å². The van der Waals surface area contributed by atoms with Crippen molar-refractivity contribution in [2.24, 2.45) is 0 Å². The van der Waals surface area contributed by atoms with Gasteiger partial charge in [-0.2, -0.15) is 0 Å². The number of benzene rings is 1. The summed E-state index contributed by atoms with van der Waals surface area (Å²) in [5, 5.41) is 0. The molecule has 1 saturated heterocycles. The minimum atomic E-state index is -0.155. The van der Waals surface area contributed by atoms with Crippen LogP contribution in [0.4, 0.5) is 4.39 Å². The van der Waals surface area contributed by atoms with Crippen molar-refractivity contribution in [1.82, 2.24) is 4.90 Å². The van der Waals surface area contributed by atoms with Crippen molar-refractivity contribution in [1.29, 1.82) is 0 Å². The predicted molar refractivity (Wildman–Crippen MR) is 73.4 cm³/mol. The zero-order valence-electron chi connectivity index (χ0n) is 11.4. The number of halogens is 1. The van der Waals surface area contributed by atoms with Crippen LogP contribution in [0.25, 0.3) is 0 Å². The number of rotatable bonds is 5. The summed E-state index contributed by atoms with van der Waals surface area (Å²) in [4.78, 5) is 2.52. The third-order valence-corrected chi connectivity index (χ3v) is 4.07. The van der Waals surface area contributed by atoms with Crippen LogP contribution in [0.2, 0.25) is 0 Å². The summed E-state index contributed by atoms with van der Waals surface area (Å²) in [7, 11) is 0. The van der Waals surface area contributed by atoms with Crippen molar-refractivity contribution in [3.63, 3.8) is 0 Å². The Morgan fingerprint density at radius 3 is 2.53 bits per heavy atom. The van der Waals surface area contributed by atoms with Crippen molar-refractivity contribution in [3.05, 3.63) is 35.6 Å². The van der Waals surface area contributed by atoms with Gasteiger partial charge in [0.1, 0.15) is 5.82 Å². The molecular formula is C16H22FNO. The van der Waals surface area contributed by atoms with E-state index in [4.69, 9.17) is 4.74 Å². The van der Waals surface area contributed by atoms with Gasteiger partial charge in [-0.3, -0.25) is 4.90 Å². The molecule has 0 bridgehead atoms. The molecule has 2 nitrogen and oxygen atoms in total. The first-order chi connectivity index (χ1) is 9.31. The van der Waals surface area contributed by atoms with Crippen LogP contribution in [0.15, 0.2) is 24.3 Å². The second kappa shape index (κ2) is 6.02. The second-order valence-electron chi connectivity index (χ2n) is 5.78. The summed E-state index contributed by atoms with van der Waals surface area (Å²) in [6.45, 7) is 2.87. The molecule has 2 fully saturated rings. The van der Waals surface area contributed by atoms with Crippen molar-refractivity contribution in [2.75, 3.05) is 13.2 Å². The molecule has 0 spiro atoms. The number of hydrogen-bond donors (Lipinski definition) is 0. The molecule has 3 rings (SSSR count). The molecule has 1 saturated carbocycles. The van der Waals surface area contributed by atoms with E-state index in [1.54, 1.807) is 12.1 Å². The largest absolute Gasteiger partial charge is 0.377 e. The molecule has 3 heteroatoms. The minimum Gasteiger partial charge on any atom is -0.377 e. The van der Waals surface area contributed by atoms with E-state index in [9.17, 15) is 4.39 Å². The Balaban J connectivity index is 1.59. The lowest BCUT2D eigenvalue weighted by Crippen LogP contribution is -2.36. The fourth-order valence-electron chi connectivity index (χ4n) is 2.82. The highest BCUT2D eigenvalue weighted by Gasteiger charge is 2.31. The van der Waals surface area contributed by atoms with E-state index in [1.165, 1.54) is 37.7 Å². The van der Waals surface area contributed by atoms with Crippen molar-refractivity contribution >= 4 is 0 Å². The maximum absolute atomic E-state index is 12.9. The molecule has 19 heavy (non-hydrogen) atoms. The lowest BCUT2D eigenvalue weighted by Gasteiger charge is -2.30. The summed E-state index contributed by atoms with van der Waals surface area (Å²) >= 11 is 0. The lowest BCUT2D eigenvalue weighted by atomic mass is 10.1. The molecule has 1 aromatic carbocycles. The van der Waals surface area contributed by atoms with Crippen LogP contribution >= 0.6 is 0 Å². The molecular weight excluding hydrogens is 241 g/mol. The first kappa shape index (κ1) is 13.1. The average molecular weight is 263 g/mol. The van der Waals surface area contributed by atoms with Crippen LogP contribution in [0.1, 0.15) is 37.7 Å². The van der Waals surface area contributed by atoms with Gasteiger partial charge in [0.15, 0.2) is 0 Å². The molecule has 0 aromatic heterocycles. The molecule has 1 aliphatic carbocycles. The zero-order chi connectivity index (χ0) is 13.1. The Hall–Kier alpha value is -0.930. The van der Waals surface area contributed by atoms with E-state index in [0.717, 1.165) is 25.7 Å². The normalized spacial score (nSPS) is 23.8. The average Bonchev–Trinajstić information content (AvgIpc) is 3.26. The van der Waals surface area contributed by atoms with Crippen molar-refractivity contribution < 1.29 is 9.13 Å². The molecule has 1 heterocycles. The Morgan fingerprint density at radius 1 is 1.11 bits per heavy atom. The Labute approximate surface area is 114 Å². The quantitative estimate of drug-likeness (QED) is 0.807. The predicted octanol–water partition coefficient (Wildman–Crippen LogP) is 3.36. The standard InChI is InChI=1S/C16H22FNO/c17-14-6-4-13(5-7-14)11-18(15-8-9-15)12-16-3-1-2-10-19-16/h4-7,15-16H,1-3,8-12H2. The van der Waals surface area contributed by atoms with E-state index < -0.39 is 0 Å². The highest BCUT2D eigenvalue weighted by atomic mass is 19.1. The maximum Gasteiger partial charge on any atom is 0.123 e. The van der Waals surface area contributed by atoms with Crippen LogP contribution in [0, 0.1) is 5.82 Å². The summed E-state index contributed by atoms with van der Waals surface area (Å²) in [5.74, 6) is -0.155. The Bertz CT molecular complexity index is 396. The van der Waals surface area contributed by atoms with Gasteiger partial charge < -0.3 is 4.74 Å². The number of hydrogen-bond acceptors (Lipinski definition) is 2.